The molecule has 15 heavy (non-hydrogen) atoms. The van der Waals surface area contributed by atoms with Gasteiger partial charge in [-0.25, -0.2) is 4.79 Å². The number of hydrogen-bond donors (Lipinski definition) is 2. The summed E-state index contributed by atoms with van der Waals surface area (Å²) in [6, 6.07) is 0.147. The van der Waals surface area contributed by atoms with Crippen molar-refractivity contribution in [2.45, 2.75) is 32.4 Å². The Morgan fingerprint density at radius 3 is 2.40 bits per heavy atom. The Hall–Kier alpha value is -0.650. The number of nitrogens with zero attached hydrogens (tertiary/aromatic N) is 1. The maximum Gasteiger partial charge on any atom is 0.338 e. The molecule has 0 heterocycles. The summed E-state index contributed by atoms with van der Waals surface area (Å²) in [5, 5.41) is 18.7. The first-order valence-electron chi connectivity index (χ1n) is 5.01. The van der Waals surface area contributed by atoms with Crippen LogP contribution in [0.4, 0.5) is 0 Å². The summed E-state index contributed by atoms with van der Waals surface area (Å²) in [4.78, 5) is 13.1. The Morgan fingerprint density at radius 2 is 2.07 bits per heavy atom. The van der Waals surface area contributed by atoms with Gasteiger partial charge in [-0.2, -0.15) is 0 Å². The Balaban J connectivity index is 4.44. The van der Waals surface area contributed by atoms with Crippen LogP contribution >= 0.6 is 0 Å². The molecule has 5 heteroatoms. The van der Waals surface area contributed by atoms with Crippen molar-refractivity contribution in [1.82, 2.24) is 4.90 Å². The van der Waals surface area contributed by atoms with Gasteiger partial charge in [-0.05, 0) is 20.8 Å². The monoisotopic (exact) mass is 219 g/mol. The smallest absolute Gasteiger partial charge is 0.338 e. The molecule has 5 nitrogen and oxygen atoms in total. The lowest BCUT2D eigenvalue weighted by Crippen LogP contribution is -2.50. The van der Waals surface area contributed by atoms with Gasteiger partial charge in [-0.15, -0.1) is 0 Å². The normalized spacial score (nSPS) is 15.5. The molecular formula is C10H21NO4. The summed E-state index contributed by atoms with van der Waals surface area (Å²) >= 11 is 0. The number of aliphatic hydroxyl groups is 2. The number of carbonyl (C=O) groups is 1. The van der Waals surface area contributed by atoms with E-state index < -0.39 is 11.6 Å². The van der Waals surface area contributed by atoms with E-state index in [0.717, 1.165) is 0 Å². The van der Waals surface area contributed by atoms with E-state index in [1.54, 1.807) is 0 Å². The van der Waals surface area contributed by atoms with Gasteiger partial charge >= 0.3 is 5.97 Å². The number of hydrogen-bond acceptors (Lipinski definition) is 5. The molecule has 1 atom stereocenters. The average molecular weight is 219 g/mol. The van der Waals surface area contributed by atoms with Gasteiger partial charge in [0.05, 0.1) is 13.7 Å². The van der Waals surface area contributed by atoms with E-state index in [9.17, 15) is 9.90 Å². The lowest BCUT2D eigenvalue weighted by Gasteiger charge is -2.31. The van der Waals surface area contributed by atoms with Gasteiger partial charge in [0.25, 0.3) is 0 Å². The van der Waals surface area contributed by atoms with Crippen molar-refractivity contribution in [3.05, 3.63) is 0 Å². The molecule has 0 saturated heterocycles. The zero-order chi connectivity index (χ0) is 12.1. The molecule has 0 aliphatic rings. The predicted octanol–water partition coefficient (Wildman–Crippen LogP) is -0.387. The van der Waals surface area contributed by atoms with Crippen LogP contribution in [0.15, 0.2) is 0 Å². The highest BCUT2D eigenvalue weighted by molar-refractivity contribution is 5.78. The SMILES string of the molecule is COC(=O)C(C)(O)CN(CCO)C(C)C. The topological polar surface area (TPSA) is 70.0 Å². The fourth-order valence-electron chi connectivity index (χ4n) is 1.33. The van der Waals surface area contributed by atoms with Crippen LogP contribution in [0.1, 0.15) is 20.8 Å². The molecule has 0 bridgehead atoms. The van der Waals surface area contributed by atoms with Crippen molar-refractivity contribution in [3.63, 3.8) is 0 Å². The maximum absolute atomic E-state index is 11.2. The third-order valence-electron chi connectivity index (χ3n) is 2.25. The van der Waals surface area contributed by atoms with E-state index in [4.69, 9.17) is 5.11 Å². The fourth-order valence-corrected chi connectivity index (χ4v) is 1.33. The highest BCUT2D eigenvalue weighted by Crippen LogP contribution is 2.10. The van der Waals surface area contributed by atoms with E-state index in [0.29, 0.717) is 6.54 Å². The second-order valence-electron chi connectivity index (χ2n) is 4.05. The van der Waals surface area contributed by atoms with Crippen LogP contribution in [-0.4, -0.2) is 59.5 Å². The number of esters is 1. The molecule has 0 aromatic heterocycles. The zero-order valence-electron chi connectivity index (χ0n) is 9.86. The zero-order valence-corrected chi connectivity index (χ0v) is 9.86. The molecular weight excluding hydrogens is 198 g/mol. The molecule has 0 saturated carbocycles. The molecule has 0 aliphatic heterocycles. The van der Waals surface area contributed by atoms with E-state index in [2.05, 4.69) is 4.74 Å². The number of aliphatic hydroxyl groups excluding tert-OH is 1. The minimum Gasteiger partial charge on any atom is -0.467 e. The first-order chi connectivity index (χ1) is 6.85. The van der Waals surface area contributed by atoms with E-state index in [1.807, 2.05) is 18.7 Å². The Kier molecular flexibility index (Phi) is 5.79. The minimum absolute atomic E-state index is 0.00453. The molecule has 0 radical (unpaired) electrons. The molecule has 0 fully saturated rings. The van der Waals surface area contributed by atoms with Crippen molar-refractivity contribution < 1.29 is 19.7 Å². The van der Waals surface area contributed by atoms with Crippen molar-refractivity contribution in [2.75, 3.05) is 26.8 Å². The lowest BCUT2D eigenvalue weighted by molar-refractivity contribution is -0.162. The van der Waals surface area contributed by atoms with Crippen LogP contribution < -0.4 is 0 Å². The van der Waals surface area contributed by atoms with Gasteiger partial charge in [0.1, 0.15) is 0 Å². The minimum atomic E-state index is -1.53. The summed E-state index contributed by atoms with van der Waals surface area (Å²) < 4.78 is 4.50. The highest BCUT2D eigenvalue weighted by Gasteiger charge is 2.34. The lowest BCUT2D eigenvalue weighted by atomic mass is 10.1. The van der Waals surface area contributed by atoms with Crippen LogP contribution in [0, 0.1) is 0 Å². The van der Waals surface area contributed by atoms with Crippen molar-refractivity contribution in [3.8, 4) is 0 Å². The van der Waals surface area contributed by atoms with Crippen LogP contribution in [0.2, 0.25) is 0 Å². The second-order valence-corrected chi connectivity index (χ2v) is 4.05. The number of ether oxygens (including phenoxy) is 1. The van der Waals surface area contributed by atoms with Crippen molar-refractivity contribution >= 4 is 5.97 Å². The summed E-state index contributed by atoms with van der Waals surface area (Å²) in [6.07, 6.45) is 0. The van der Waals surface area contributed by atoms with Gasteiger partial charge in [-0.3, -0.25) is 4.90 Å². The molecule has 0 aromatic carbocycles. The van der Waals surface area contributed by atoms with Crippen LogP contribution in [-0.2, 0) is 9.53 Å². The Morgan fingerprint density at radius 1 is 1.53 bits per heavy atom. The second kappa shape index (κ2) is 6.05. The largest absolute Gasteiger partial charge is 0.467 e. The third-order valence-corrected chi connectivity index (χ3v) is 2.25. The molecule has 0 rings (SSSR count). The third kappa shape index (κ3) is 4.59. The number of methoxy groups -OCH3 is 1. The summed E-state index contributed by atoms with van der Waals surface area (Å²) in [5.74, 6) is -0.661. The predicted molar refractivity (Wildman–Crippen MR) is 56.4 cm³/mol. The van der Waals surface area contributed by atoms with E-state index in [-0.39, 0.29) is 19.2 Å². The first-order valence-corrected chi connectivity index (χ1v) is 5.01. The molecule has 0 amide bonds. The number of carbonyl (C=O) groups excluding carboxylic acids is 1. The molecule has 0 spiro atoms. The molecule has 90 valence electrons. The Labute approximate surface area is 90.6 Å². The summed E-state index contributed by atoms with van der Waals surface area (Å²) in [6.45, 7) is 5.84. The van der Waals surface area contributed by atoms with Crippen molar-refractivity contribution in [2.24, 2.45) is 0 Å². The average Bonchev–Trinajstić information content (AvgIpc) is 2.15. The first kappa shape index (κ1) is 14.3. The summed E-state index contributed by atoms with van der Waals surface area (Å²) in [5.41, 5.74) is -1.53. The fraction of sp³-hybridized carbons (Fsp3) is 0.900. The van der Waals surface area contributed by atoms with Crippen LogP contribution in [0.3, 0.4) is 0 Å². The van der Waals surface area contributed by atoms with E-state index in [1.165, 1.54) is 14.0 Å². The van der Waals surface area contributed by atoms with E-state index >= 15 is 0 Å². The van der Waals surface area contributed by atoms with Gasteiger partial charge < -0.3 is 14.9 Å². The Bertz CT molecular complexity index is 204. The molecule has 0 aromatic rings. The summed E-state index contributed by atoms with van der Waals surface area (Å²) in [7, 11) is 1.24. The van der Waals surface area contributed by atoms with Gasteiger partial charge in [0, 0.05) is 19.1 Å². The van der Waals surface area contributed by atoms with Crippen LogP contribution in [0.5, 0.6) is 0 Å². The van der Waals surface area contributed by atoms with Gasteiger partial charge in [-0.1, -0.05) is 0 Å². The maximum atomic E-state index is 11.2. The van der Waals surface area contributed by atoms with Gasteiger partial charge in [0.15, 0.2) is 5.60 Å². The van der Waals surface area contributed by atoms with Gasteiger partial charge in [0.2, 0.25) is 0 Å². The quantitative estimate of drug-likeness (QED) is 0.596. The number of rotatable bonds is 6. The molecule has 0 aliphatic carbocycles. The molecule has 2 N–H and O–H groups in total. The molecule has 1 unspecified atom stereocenters. The standard InChI is InChI=1S/C10H21NO4/c1-8(2)11(5-6-12)7-10(3,14)9(13)15-4/h8,12,14H,5-7H2,1-4H3. The highest BCUT2D eigenvalue weighted by atomic mass is 16.5. The van der Waals surface area contributed by atoms with Crippen molar-refractivity contribution in [1.29, 1.82) is 0 Å². The van der Waals surface area contributed by atoms with Crippen LogP contribution in [0.25, 0.3) is 0 Å².